The number of aromatic carboxylic acids is 1. The molecule has 2 N–H and O–H groups in total. The number of nitrogens with one attached hydrogen (secondary N) is 1. The number of carboxylic acid groups (broad SMARTS) is 1. The van der Waals surface area contributed by atoms with E-state index in [-0.39, 0.29) is 10.6 Å². The third-order valence-electron chi connectivity index (χ3n) is 2.70. The molecule has 0 amide bonds. The summed E-state index contributed by atoms with van der Waals surface area (Å²) < 4.78 is 5.11. The molecule has 2 aromatic rings. The lowest BCUT2D eigenvalue weighted by molar-refractivity contribution is 0.0697. The van der Waals surface area contributed by atoms with Gasteiger partial charge in [0.25, 0.3) is 0 Å². The topological polar surface area (TPSA) is 70.9 Å². The molecule has 0 atom stereocenters. The van der Waals surface area contributed by atoms with Crippen molar-refractivity contribution >= 4 is 29.5 Å². The Morgan fingerprint density at radius 3 is 2.86 bits per heavy atom. The van der Waals surface area contributed by atoms with Gasteiger partial charge in [0.05, 0.1) is 29.6 Å². The smallest absolute Gasteiger partial charge is 0.337 e. The number of carboxylic acids is 1. The van der Waals surface area contributed by atoms with E-state index in [1.165, 1.54) is 12.1 Å². The summed E-state index contributed by atoms with van der Waals surface area (Å²) >= 11 is 5.79. The quantitative estimate of drug-likeness (QED) is 0.655. The van der Waals surface area contributed by atoms with Gasteiger partial charge in [-0.25, -0.2) is 4.79 Å². The van der Waals surface area contributed by atoms with E-state index in [4.69, 9.17) is 21.4 Å². The zero-order chi connectivity index (χ0) is 15.2. The van der Waals surface area contributed by atoms with Crippen molar-refractivity contribution in [3.8, 4) is 5.75 Å². The molecule has 0 saturated carbocycles. The molecule has 0 fully saturated rings. The number of hydrogen-bond donors (Lipinski definition) is 2. The molecule has 0 aliphatic carbocycles. The van der Waals surface area contributed by atoms with E-state index in [0.717, 1.165) is 11.3 Å². The van der Waals surface area contributed by atoms with Crippen molar-refractivity contribution in [3.63, 3.8) is 0 Å². The Bertz CT molecular complexity index is 686. The van der Waals surface area contributed by atoms with Gasteiger partial charge in [0, 0.05) is 0 Å². The summed E-state index contributed by atoms with van der Waals surface area (Å²) in [4.78, 5) is 11.0. The van der Waals surface area contributed by atoms with Crippen LogP contribution in [0.1, 0.15) is 15.9 Å². The molecule has 0 aliphatic heterocycles. The SMILES string of the molecule is COc1cccc(/C=N/Nc2ccc(Cl)c(C(=O)O)c2)c1. The molecule has 2 rings (SSSR count). The van der Waals surface area contributed by atoms with Gasteiger partial charge >= 0.3 is 5.97 Å². The van der Waals surface area contributed by atoms with Crippen LogP contribution in [0.15, 0.2) is 47.6 Å². The molecule has 0 saturated heterocycles. The van der Waals surface area contributed by atoms with Gasteiger partial charge < -0.3 is 9.84 Å². The van der Waals surface area contributed by atoms with Crippen molar-refractivity contribution in [3.05, 3.63) is 58.6 Å². The highest BCUT2D eigenvalue weighted by Gasteiger charge is 2.08. The first-order chi connectivity index (χ1) is 10.1. The standard InChI is InChI=1S/C15H13ClN2O3/c1-21-12-4-2-3-10(7-12)9-17-18-11-5-6-14(16)13(8-11)15(19)20/h2-9,18H,1H3,(H,19,20)/b17-9+. The number of benzene rings is 2. The molecular weight excluding hydrogens is 292 g/mol. The molecule has 5 nitrogen and oxygen atoms in total. The van der Waals surface area contributed by atoms with E-state index in [1.54, 1.807) is 19.4 Å². The average molecular weight is 305 g/mol. The van der Waals surface area contributed by atoms with Crippen molar-refractivity contribution in [2.24, 2.45) is 5.10 Å². The fourth-order valence-electron chi connectivity index (χ4n) is 1.66. The number of nitrogens with zero attached hydrogens (tertiary/aromatic N) is 1. The average Bonchev–Trinajstić information content (AvgIpc) is 2.49. The van der Waals surface area contributed by atoms with Crippen LogP contribution in [0, 0.1) is 0 Å². The summed E-state index contributed by atoms with van der Waals surface area (Å²) in [6, 6.07) is 12.0. The molecule has 6 heteroatoms. The van der Waals surface area contributed by atoms with Crippen LogP contribution in [0.5, 0.6) is 5.75 Å². The first-order valence-electron chi connectivity index (χ1n) is 6.06. The Labute approximate surface area is 126 Å². The first kappa shape index (κ1) is 14.9. The molecule has 0 bridgehead atoms. The van der Waals surface area contributed by atoms with Crippen LogP contribution in [0.4, 0.5) is 5.69 Å². The number of methoxy groups -OCH3 is 1. The van der Waals surface area contributed by atoms with Crippen LogP contribution in [-0.2, 0) is 0 Å². The number of ether oxygens (including phenoxy) is 1. The number of halogens is 1. The van der Waals surface area contributed by atoms with Crippen molar-refractivity contribution in [1.29, 1.82) is 0 Å². The summed E-state index contributed by atoms with van der Waals surface area (Å²) in [5, 5.41) is 13.2. The molecule has 2 aromatic carbocycles. The number of anilines is 1. The Kier molecular flexibility index (Phi) is 4.79. The van der Waals surface area contributed by atoms with Gasteiger partial charge in [0.1, 0.15) is 5.75 Å². The van der Waals surface area contributed by atoms with Gasteiger partial charge in [-0.1, -0.05) is 23.7 Å². The number of carbonyl (C=O) groups is 1. The third-order valence-corrected chi connectivity index (χ3v) is 3.03. The predicted molar refractivity (Wildman–Crippen MR) is 82.6 cm³/mol. The minimum absolute atomic E-state index is 0.0262. The van der Waals surface area contributed by atoms with Crippen LogP contribution < -0.4 is 10.2 Å². The van der Waals surface area contributed by atoms with Crippen LogP contribution >= 0.6 is 11.6 Å². The highest BCUT2D eigenvalue weighted by Crippen LogP contribution is 2.20. The number of rotatable bonds is 5. The lowest BCUT2D eigenvalue weighted by atomic mass is 10.2. The van der Waals surface area contributed by atoms with E-state index < -0.39 is 5.97 Å². The number of hydrogen-bond acceptors (Lipinski definition) is 4. The normalized spacial score (nSPS) is 10.6. The summed E-state index contributed by atoms with van der Waals surface area (Å²) in [5.41, 5.74) is 4.18. The fourth-order valence-corrected chi connectivity index (χ4v) is 1.86. The zero-order valence-electron chi connectivity index (χ0n) is 11.2. The molecule has 108 valence electrons. The third kappa shape index (κ3) is 3.97. The van der Waals surface area contributed by atoms with Gasteiger partial charge in [-0.3, -0.25) is 5.43 Å². The van der Waals surface area contributed by atoms with Crippen LogP contribution in [-0.4, -0.2) is 24.4 Å². The molecule has 0 aliphatic rings. The Morgan fingerprint density at radius 1 is 1.33 bits per heavy atom. The summed E-state index contributed by atoms with van der Waals surface area (Å²) in [7, 11) is 1.59. The lowest BCUT2D eigenvalue weighted by Gasteiger charge is -2.04. The largest absolute Gasteiger partial charge is 0.497 e. The maximum Gasteiger partial charge on any atom is 0.337 e. The molecular formula is C15H13ClN2O3. The van der Waals surface area contributed by atoms with Gasteiger partial charge in [-0.15, -0.1) is 0 Å². The minimum atomic E-state index is -1.08. The maximum absolute atomic E-state index is 11.0. The Balaban J connectivity index is 2.10. The highest BCUT2D eigenvalue weighted by molar-refractivity contribution is 6.33. The van der Waals surface area contributed by atoms with Crippen LogP contribution in [0.3, 0.4) is 0 Å². The summed E-state index contributed by atoms with van der Waals surface area (Å²) in [5.74, 6) is -0.348. The summed E-state index contributed by atoms with van der Waals surface area (Å²) in [6.45, 7) is 0. The van der Waals surface area contributed by atoms with Gasteiger partial charge in [0.15, 0.2) is 0 Å². The maximum atomic E-state index is 11.0. The predicted octanol–water partition coefficient (Wildman–Crippen LogP) is 3.49. The second kappa shape index (κ2) is 6.76. The van der Waals surface area contributed by atoms with E-state index >= 15 is 0 Å². The van der Waals surface area contributed by atoms with E-state index in [9.17, 15) is 4.79 Å². The molecule has 0 spiro atoms. The minimum Gasteiger partial charge on any atom is -0.497 e. The Hall–Kier alpha value is -2.53. The molecule has 0 aromatic heterocycles. The van der Waals surface area contributed by atoms with Crippen LogP contribution in [0.25, 0.3) is 0 Å². The van der Waals surface area contributed by atoms with Gasteiger partial charge in [-0.05, 0) is 35.9 Å². The van der Waals surface area contributed by atoms with E-state index in [2.05, 4.69) is 10.5 Å². The van der Waals surface area contributed by atoms with Crippen LogP contribution in [0.2, 0.25) is 5.02 Å². The molecule has 21 heavy (non-hydrogen) atoms. The summed E-state index contributed by atoms with van der Waals surface area (Å²) in [6.07, 6.45) is 1.61. The van der Waals surface area contributed by atoms with E-state index in [0.29, 0.717) is 5.69 Å². The fraction of sp³-hybridized carbons (Fsp3) is 0.0667. The van der Waals surface area contributed by atoms with Crippen molar-refractivity contribution in [2.75, 3.05) is 12.5 Å². The first-order valence-corrected chi connectivity index (χ1v) is 6.44. The van der Waals surface area contributed by atoms with Gasteiger partial charge in [-0.2, -0.15) is 5.10 Å². The lowest BCUT2D eigenvalue weighted by Crippen LogP contribution is -1.99. The highest BCUT2D eigenvalue weighted by atomic mass is 35.5. The second-order valence-electron chi connectivity index (χ2n) is 4.15. The van der Waals surface area contributed by atoms with E-state index in [1.807, 2.05) is 24.3 Å². The Morgan fingerprint density at radius 2 is 2.14 bits per heavy atom. The molecule has 0 radical (unpaired) electrons. The van der Waals surface area contributed by atoms with Crippen molar-refractivity contribution < 1.29 is 14.6 Å². The molecule has 0 unspecified atom stereocenters. The number of hydrazone groups is 1. The van der Waals surface area contributed by atoms with Crippen molar-refractivity contribution in [1.82, 2.24) is 0 Å². The zero-order valence-corrected chi connectivity index (χ0v) is 12.0. The second-order valence-corrected chi connectivity index (χ2v) is 4.55. The van der Waals surface area contributed by atoms with Gasteiger partial charge in [0.2, 0.25) is 0 Å². The molecule has 0 heterocycles. The van der Waals surface area contributed by atoms with Crippen molar-refractivity contribution in [2.45, 2.75) is 0 Å². The monoisotopic (exact) mass is 304 g/mol.